The first-order valence-electron chi connectivity index (χ1n) is 25.5. The fourth-order valence-corrected chi connectivity index (χ4v) is 12.7. The standard InChI is InChI=1S/C14H17ClIN3OS.C14H18ClN3OS.C7H6ClN3S.C7H7N3OS.C5H7N3OS.C4H5N3OS/c1-4-9-7(2)5-10(20-9)19-6-8(16)11-12(15)17-14(21-3)18-13(11)19;1-4-10-8(2)7-11(19-10)18-6-5-9-12(15)16-14(20-3)17-13(9)18;1-12-7-10-5(8)4-2-3-9-6(4)11-7;1-12-7-9-5-4(2-3-8-5)6(11)10-7;1-10-5-7-3(6)2-4(9)8-5;5-2-1-3(8)7-4(9)6-2/h6-7,9-10H,4-5H2,1-3H3;5-6,8,10-11H,4,7H2,1-3H3;2-3H,1H3,(H,9,10,11);2-3H,1H3,(H2,8,9,10,11);2H,1H3,(H3,6,7,8,9);1H,(H4,5,6,7,8,9). The molecule has 12 heterocycles. The van der Waals surface area contributed by atoms with E-state index in [1.807, 2.05) is 49.6 Å². The van der Waals surface area contributed by atoms with E-state index < -0.39 is 0 Å². The molecule has 10 aromatic heterocycles. The molecule has 10 aromatic rings. The number of fused-ring (bicyclic) bond motifs is 4. The van der Waals surface area contributed by atoms with E-state index in [2.05, 4.69) is 148 Å². The maximum Gasteiger partial charge on any atom is 0.261 e. The van der Waals surface area contributed by atoms with Crippen LogP contribution in [0.5, 0.6) is 0 Å². The van der Waals surface area contributed by atoms with Gasteiger partial charge in [0.1, 0.15) is 62.1 Å². The smallest absolute Gasteiger partial charge is 0.261 e. The quantitative estimate of drug-likeness (QED) is 0.0219. The SMILES string of the molecule is CCC1OC(n2cc(I)c3c(Cl)nc(SC)nc32)CC1C.CCC1OC(n2ccc3c(Cl)nc(SC)nc32)CC1C.CSc1nc(Cl)c2cc[nH]c2n1.CSc1nc(N)cc(=O)[nH]1.CSc1nc2[nH]ccc2c(=O)[nH]1.Nc1cc(=O)[nH]c(=S)[nH]1. The molecule has 84 heavy (non-hydrogen) atoms. The Hall–Kier alpha value is -4.87. The van der Waals surface area contributed by atoms with E-state index in [4.69, 9.17) is 55.7 Å². The van der Waals surface area contributed by atoms with Crippen LogP contribution in [0.2, 0.25) is 15.5 Å². The molecule has 2 aliphatic heterocycles. The average Bonchev–Trinajstić information content (AvgIpc) is 4.05. The van der Waals surface area contributed by atoms with Crippen LogP contribution >= 0.6 is 128 Å². The number of ether oxygens (including phenoxy) is 2. The second kappa shape index (κ2) is 31.2. The molecule has 12 rings (SSSR count). The van der Waals surface area contributed by atoms with Crippen LogP contribution in [-0.4, -0.2) is 122 Å². The van der Waals surface area contributed by atoms with Gasteiger partial charge in [-0.1, -0.05) is 121 Å². The number of hydrogen-bond donors (Lipinski definition) is 8. The zero-order chi connectivity index (χ0) is 60.9. The average molecular weight is 1430 g/mol. The fraction of sp³-hybridized carbons (Fsp3) is 0.373. The Morgan fingerprint density at radius 2 is 1.15 bits per heavy atom. The van der Waals surface area contributed by atoms with Crippen LogP contribution < -0.4 is 28.1 Å². The highest BCUT2D eigenvalue weighted by atomic mass is 127. The molecule has 6 atom stereocenters. The molecule has 0 bridgehead atoms. The molecule has 0 spiro atoms. The minimum absolute atomic E-state index is 0.0386. The van der Waals surface area contributed by atoms with Crippen molar-refractivity contribution >= 4 is 184 Å². The maximum atomic E-state index is 11.3. The highest BCUT2D eigenvalue weighted by Crippen LogP contribution is 2.40. The number of anilines is 2. The second-order valence-electron chi connectivity index (χ2n) is 18.3. The minimum Gasteiger partial charge on any atom is -0.385 e. The third-order valence-electron chi connectivity index (χ3n) is 12.8. The van der Waals surface area contributed by atoms with Crippen LogP contribution in [0.15, 0.2) is 95.3 Å². The summed E-state index contributed by atoms with van der Waals surface area (Å²) in [5, 5.41) is 8.08. The van der Waals surface area contributed by atoms with Gasteiger partial charge in [0.2, 0.25) is 0 Å². The fourth-order valence-electron chi connectivity index (χ4n) is 8.77. The van der Waals surface area contributed by atoms with Crippen molar-refractivity contribution in [3.05, 3.63) is 110 Å². The molecule has 6 unspecified atom stereocenters. The Labute approximate surface area is 536 Å². The number of thioether (sulfide) groups is 5. The molecule has 33 heteroatoms. The zero-order valence-electron chi connectivity index (χ0n) is 46.6. The Bertz CT molecular complexity index is 4070. The lowest BCUT2D eigenvalue weighted by molar-refractivity contribution is -0.00297. The van der Waals surface area contributed by atoms with Crippen molar-refractivity contribution in [1.29, 1.82) is 0 Å². The molecular weight excluding hydrogens is 1370 g/mol. The second-order valence-corrected chi connectivity index (χ2v) is 24.9. The predicted molar refractivity (Wildman–Crippen MR) is 354 cm³/mol. The third kappa shape index (κ3) is 17.0. The van der Waals surface area contributed by atoms with E-state index in [1.165, 1.54) is 70.9 Å². The molecule has 0 aliphatic carbocycles. The summed E-state index contributed by atoms with van der Waals surface area (Å²) in [7, 11) is 0. The first-order chi connectivity index (χ1) is 40.2. The minimum atomic E-state index is -0.281. The van der Waals surface area contributed by atoms with Gasteiger partial charge in [0.25, 0.3) is 16.7 Å². The van der Waals surface area contributed by atoms with Gasteiger partial charge in [0.05, 0.1) is 33.8 Å². The van der Waals surface area contributed by atoms with Gasteiger partial charge in [0.15, 0.2) is 30.6 Å². The molecule has 0 saturated carbocycles. The molecule has 0 radical (unpaired) electrons. The summed E-state index contributed by atoms with van der Waals surface area (Å²) in [6.07, 6.45) is 21.9. The van der Waals surface area contributed by atoms with Gasteiger partial charge in [0, 0.05) is 40.5 Å². The number of nitrogens with zero attached hydrogens (tertiary/aromatic N) is 10. The number of nitrogens with two attached hydrogens (primary N) is 2. The molecule has 0 amide bonds. The molecule has 0 aromatic carbocycles. The van der Waals surface area contributed by atoms with Gasteiger partial charge in [-0.15, -0.1) is 0 Å². The first kappa shape index (κ1) is 66.7. The molecule has 2 aliphatic rings. The normalized spacial score (nSPS) is 18.0. The van der Waals surface area contributed by atoms with Gasteiger partial charge in [-0.2, -0.15) is 0 Å². The van der Waals surface area contributed by atoms with Gasteiger partial charge >= 0.3 is 0 Å². The van der Waals surface area contributed by atoms with Gasteiger partial charge in [-0.05, 0) is 122 Å². The maximum absolute atomic E-state index is 11.3. The summed E-state index contributed by atoms with van der Waals surface area (Å²) in [6, 6.07) is 8.03. The number of rotatable bonds is 9. The molecule has 448 valence electrons. The van der Waals surface area contributed by atoms with Crippen molar-refractivity contribution in [2.45, 2.75) is 104 Å². The van der Waals surface area contributed by atoms with Crippen LogP contribution in [0.3, 0.4) is 0 Å². The third-order valence-corrected chi connectivity index (χ3v) is 17.5. The van der Waals surface area contributed by atoms with Gasteiger partial charge in [-0.3, -0.25) is 19.4 Å². The van der Waals surface area contributed by atoms with Crippen molar-refractivity contribution in [1.82, 2.24) is 78.9 Å². The molecule has 2 saturated heterocycles. The largest absolute Gasteiger partial charge is 0.385 e. The van der Waals surface area contributed by atoms with E-state index in [1.54, 1.807) is 18.5 Å². The number of nitrogens with one attached hydrogen (secondary N) is 6. The number of halogens is 4. The van der Waals surface area contributed by atoms with Crippen LogP contribution in [0.25, 0.3) is 44.1 Å². The Kier molecular flexibility index (Phi) is 24.7. The topological polar surface area (TPSA) is 329 Å². The van der Waals surface area contributed by atoms with Crippen molar-refractivity contribution in [3.63, 3.8) is 0 Å². The predicted octanol–water partition coefficient (Wildman–Crippen LogP) is 12.3. The number of aromatic amines is 6. The Morgan fingerprint density at radius 1 is 0.631 bits per heavy atom. The summed E-state index contributed by atoms with van der Waals surface area (Å²) in [6.45, 7) is 8.84. The first-order valence-corrected chi connectivity index (χ1v) is 34.3. The number of aromatic nitrogens is 16. The van der Waals surface area contributed by atoms with Crippen molar-refractivity contribution in [2.24, 2.45) is 11.8 Å². The molecular formula is C51H60Cl3IN18O5S6. The van der Waals surface area contributed by atoms with Crippen molar-refractivity contribution in [2.75, 3.05) is 42.7 Å². The summed E-state index contributed by atoms with van der Waals surface area (Å²) >= 11 is 32.6. The van der Waals surface area contributed by atoms with Gasteiger partial charge < -0.3 is 55.0 Å². The lowest BCUT2D eigenvalue weighted by Crippen LogP contribution is -2.12. The van der Waals surface area contributed by atoms with E-state index >= 15 is 0 Å². The van der Waals surface area contributed by atoms with Crippen LogP contribution in [0.4, 0.5) is 11.6 Å². The van der Waals surface area contributed by atoms with E-state index in [9.17, 15) is 14.4 Å². The summed E-state index contributed by atoms with van der Waals surface area (Å²) < 4.78 is 17.9. The van der Waals surface area contributed by atoms with E-state index in [-0.39, 0.29) is 45.5 Å². The lowest BCUT2D eigenvalue weighted by atomic mass is 10.0. The highest BCUT2D eigenvalue weighted by Gasteiger charge is 2.34. The van der Waals surface area contributed by atoms with E-state index in [0.29, 0.717) is 76.3 Å². The Morgan fingerprint density at radius 3 is 1.70 bits per heavy atom. The number of H-pyrrole nitrogens is 6. The zero-order valence-corrected chi connectivity index (χ0v) is 55.9. The van der Waals surface area contributed by atoms with Gasteiger partial charge in [-0.25, -0.2) is 39.9 Å². The summed E-state index contributed by atoms with van der Waals surface area (Å²) in [4.78, 5) is 82.5. The highest BCUT2D eigenvalue weighted by molar-refractivity contribution is 14.1. The molecule has 10 N–H and O–H groups in total. The van der Waals surface area contributed by atoms with E-state index in [0.717, 1.165) is 62.4 Å². The Balaban J connectivity index is 0.000000149. The van der Waals surface area contributed by atoms with Crippen LogP contribution in [-0.2, 0) is 9.47 Å². The number of nitrogen functional groups attached to an aromatic ring is 2. The van der Waals surface area contributed by atoms with Crippen LogP contribution in [0.1, 0.15) is 65.8 Å². The summed E-state index contributed by atoms with van der Waals surface area (Å²) in [5.41, 5.74) is 13.1. The van der Waals surface area contributed by atoms with Crippen molar-refractivity contribution < 1.29 is 9.47 Å². The van der Waals surface area contributed by atoms with Crippen molar-refractivity contribution in [3.8, 4) is 0 Å². The number of hydrogen-bond acceptors (Lipinski definition) is 21. The molecule has 23 nitrogen and oxygen atoms in total. The molecule has 2 fully saturated rings. The monoisotopic (exact) mass is 1430 g/mol. The summed E-state index contributed by atoms with van der Waals surface area (Å²) in [5.74, 6) is 1.67. The lowest BCUT2D eigenvalue weighted by Gasteiger charge is -2.15. The van der Waals surface area contributed by atoms with Crippen LogP contribution in [0, 0.1) is 20.2 Å².